The Morgan fingerprint density at radius 3 is 2.39 bits per heavy atom. The molecule has 1 aliphatic carbocycles. The highest BCUT2D eigenvalue weighted by atomic mass is 16.2. The summed E-state index contributed by atoms with van der Waals surface area (Å²) in [5.74, 6) is 0.335. The van der Waals surface area contributed by atoms with Crippen molar-refractivity contribution < 1.29 is 4.79 Å². The fourth-order valence-corrected chi connectivity index (χ4v) is 2.89. The number of nitrogens with zero attached hydrogens (tertiary/aromatic N) is 2. The number of rotatable bonds is 6. The molecule has 0 atom stereocenters. The molecule has 0 spiro atoms. The molecule has 2 fully saturated rings. The highest BCUT2D eigenvalue weighted by Crippen LogP contribution is 2.26. The summed E-state index contributed by atoms with van der Waals surface area (Å²) >= 11 is 0. The SMILES string of the molecule is CCNC1CCN(CC(=O)N(CC)C2CC2)CC1. The summed E-state index contributed by atoms with van der Waals surface area (Å²) in [7, 11) is 0. The van der Waals surface area contributed by atoms with Gasteiger partial charge >= 0.3 is 0 Å². The Labute approximate surface area is 111 Å². The molecule has 4 heteroatoms. The van der Waals surface area contributed by atoms with Crippen LogP contribution >= 0.6 is 0 Å². The van der Waals surface area contributed by atoms with Gasteiger partial charge in [0.2, 0.25) is 5.91 Å². The molecule has 1 saturated heterocycles. The molecule has 0 radical (unpaired) electrons. The molecule has 0 aromatic carbocycles. The molecule has 0 aromatic rings. The maximum Gasteiger partial charge on any atom is 0.236 e. The first kappa shape index (κ1) is 13.8. The molecule has 1 saturated carbocycles. The van der Waals surface area contributed by atoms with Gasteiger partial charge in [-0.3, -0.25) is 9.69 Å². The molecule has 1 heterocycles. The second-order valence-corrected chi connectivity index (χ2v) is 5.52. The molecule has 2 aliphatic rings. The number of amides is 1. The Kier molecular flexibility index (Phi) is 5.01. The van der Waals surface area contributed by atoms with E-state index in [4.69, 9.17) is 0 Å². The molecule has 1 amide bonds. The van der Waals surface area contributed by atoms with Crippen LogP contribution in [0.3, 0.4) is 0 Å². The summed E-state index contributed by atoms with van der Waals surface area (Å²) in [5, 5.41) is 3.50. The summed E-state index contributed by atoms with van der Waals surface area (Å²) in [6.45, 7) is 8.92. The van der Waals surface area contributed by atoms with Crippen LogP contribution in [-0.2, 0) is 4.79 Å². The topological polar surface area (TPSA) is 35.6 Å². The lowest BCUT2D eigenvalue weighted by Crippen LogP contribution is -2.47. The lowest BCUT2D eigenvalue weighted by molar-refractivity contribution is -0.133. The van der Waals surface area contributed by atoms with Crippen LogP contribution in [0.1, 0.15) is 39.5 Å². The van der Waals surface area contributed by atoms with Crippen molar-refractivity contribution in [2.24, 2.45) is 0 Å². The molecular formula is C14H27N3O. The average molecular weight is 253 g/mol. The van der Waals surface area contributed by atoms with Gasteiger partial charge in [-0.25, -0.2) is 0 Å². The van der Waals surface area contributed by atoms with E-state index in [2.05, 4.69) is 29.0 Å². The quantitative estimate of drug-likeness (QED) is 0.769. The first-order chi connectivity index (χ1) is 8.74. The molecule has 1 N–H and O–H groups in total. The van der Waals surface area contributed by atoms with Gasteiger partial charge in [0.15, 0.2) is 0 Å². The monoisotopic (exact) mass is 253 g/mol. The lowest BCUT2D eigenvalue weighted by atomic mass is 10.1. The van der Waals surface area contributed by atoms with Crippen molar-refractivity contribution in [3.63, 3.8) is 0 Å². The van der Waals surface area contributed by atoms with Gasteiger partial charge in [0.1, 0.15) is 0 Å². The summed E-state index contributed by atoms with van der Waals surface area (Å²) in [5.41, 5.74) is 0. The Hall–Kier alpha value is -0.610. The van der Waals surface area contributed by atoms with E-state index in [0.717, 1.165) is 26.2 Å². The van der Waals surface area contributed by atoms with Gasteiger partial charge in [0, 0.05) is 31.7 Å². The number of carbonyl (C=O) groups excluding carboxylic acids is 1. The summed E-state index contributed by atoms with van der Waals surface area (Å²) < 4.78 is 0. The van der Waals surface area contributed by atoms with Gasteiger partial charge in [-0.2, -0.15) is 0 Å². The maximum atomic E-state index is 12.2. The molecule has 18 heavy (non-hydrogen) atoms. The smallest absolute Gasteiger partial charge is 0.236 e. The third kappa shape index (κ3) is 3.69. The van der Waals surface area contributed by atoms with Crippen LogP contribution in [0.25, 0.3) is 0 Å². The number of hydrogen-bond acceptors (Lipinski definition) is 3. The Morgan fingerprint density at radius 2 is 1.89 bits per heavy atom. The molecule has 104 valence electrons. The summed E-state index contributed by atoms with van der Waals surface area (Å²) in [6.07, 6.45) is 4.78. The molecule has 0 bridgehead atoms. The normalized spacial score (nSPS) is 22.1. The largest absolute Gasteiger partial charge is 0.339 e. The van der Waals surface area contributed by atoms with Crippen LogP contribution < -0.4 is 5.32 Å². The molecular weight excluding hydrogens is 226 g/mol. The highest BCUT2D eigenvalue weighted by Gasteiger charge is 2.32. The summed E-state index contributed by atoms with van der Waals surface area (Å²) in [4.78, 5) is 16.6. The second kappa shape index (κ2) is 6.53. The average Bonchev–Trinajstić information content (AvgIpc) is 3.17. The van der Waals surface area contributed by atoms with Gasteiger partial charge in [0.05, 0.1) is 6.54 Å². The number of nitrogens with one attached hydrogen (secondary N) is 1. The van der Waals surface area contributed by atoms with Crippen LogP contribution in [0.4, 0.5) is 0 Å². The Bertz CT molecular complexity index is 270. The predicted molar refractivity (Wildman–Crippen MR) is 73.5 cm³/mol. The number of carbonyl (C=O) groups is 1. The van der Waals surface area contributed by atoms with Crippen molar-refractivity contribution in [1.29, 1.82) is 0 Å². The summed E-state index contributed by atoms with van der Waals surface area (Å²) in [6, 6.07) is 1.22. The highest BCUT2D eigenvalue weighted by molar-refractivity contribution is 5.78. The predicted octanol–water partition coefficient (Wildman–Crippen LogP) is 1.07. The van der Waals surface area contributed by atoms with Crippen LogP contribution in [0.15, 0.2) is 0 Å². The van der Waals surface area contributed by atoms with E-state index in [1.807, 2.05) is 0 Å². The third-order valence-corrected chi connectivity index (χ3v) is 4.09. The van der Waals surface area contributed by atoms with Crippen molar-refractivity contribution in [2.75, 3.05) is 32.7 Å². The molecule has 0 aromatic heterocycles. The van der Waals surface area contributed by atoms with Crippen molar-refractivity contribution in [1.82, 2.24) is 15.1 Å². The van der Waals surface area contributed by atoms with E-state index in [0.29, 0.717) is 24.5 Å². The van der Waals surface area contributed by atoms with Gasteiger partial charge in [-0.05, 0) is 39.2 Å². The minimum Gasteiger partial charge on any atom is -0.339 e. The van der Waals surface area contributed by atoms with E-state index in [1.165, 1.54) is 25.7 Å². The fraction of sp³-hybridized carbons (Fsp3) is 0.929. The van der Waals surface area contributed by atoms with Gasteiger partial charge in [0.25, 0.3) is 0 Å². The lowest BCUT2D eigenvalue weighted by Gasteiger charge is -2.33. The van der Waals surface area contributed by atoms with E-state index < -0.39 is 0 Å². The minimum atomic E-state index is 0.335. The Morgan fingerprint density at radius 1 is 1.22 bits per heavy atom. The zero-order chi connectivity index (χ0) is 13.0. The number of likely N-dealkylation sites (N-methyl/N-ethyl adjacent to an activating group) is 1. The van der Waals surface area contributed by atoms with Crippen LogP contribution in [-0.4, -0.2) is 60.5 Å². The number of likely N-dealkylation sites (tertiary alicyclic amines) is 1. The zero-order valence-electron chi connectivity index (χ0n) is 11.8. The van der Waals surface area contributed by atoms with E-state index in [-0.39, 0.29) is 0 Å². The second-order valence-electron chi connectivity index (χ2n) is 5.52. The third-order valence-electron chi connectivity index (χ3n) is 4.09. The molecule has 0 unspecified atom stereocenters. The Balaban J connectivity index is 1.71. The van der Waals surface area contributed by atoms with E-state index in [1.54, 1.807) is 0 Å². The maximum absolute atomic E-state index is 12.2. The van der Waals surface area contributed by atoms with Crippen molar-refractivity contribution in [2.45, 2.75) is 51.6 Å². The molecule has 1 aliphatic heterocycles. The standard InChI is InChI=1S/C14H27N3O/c1-3-15-12-7-9-16(10-8-12)11-14(18)17(4-2)13-5-6-13/h12-13,15H,3-11H2,1-2H3. The number of piperidine rings is 1. The zero-order valence-corrected chi connectivity index (χ0v) is 11.8. The van der Waals surface area contributed by atoms with Crippen molar-refractivity contribution in [3.8, 4) is 0 Å². The van der Waals surface area contributed by atoms with Crippen LogP contribution in [0, 0.1) is 0 Å². The minimum absolute atomic E-state index is 0.335. The van der Waals surface area contributed by atoms with Gasteiger partial charge in [-0.15, -0.1) is 0 Å². The van der Waals surface area contributed by atoms with E-state index >= 15 is 0 Å². The van der Waals surface area contributed by atoms with E-state index in [9.17, 15) is 4.79 Å². The van der Waals surface area contributed by atoms with Crippen LogP contribution in [0.2, 0.25) is 0 Å². The van der Waals surface area contributed by atoms with Crippen molar-refractivity contribution >= 4 is 5.91 Å². The fourth-order valence-electron chi connectivity index (χ4n) is 2.89. The first-order valence-electron chi connectivity index (χ1n) is 7.49. The van der Waals surface area contributed by atoms with Crippen LogP contribution in [0.5, 0.6) is 0 Å². The van der Waals surface area contributed by atoms with Gasteiger partial charge in [-0.1, -0.05) is 6.92 Å². The van der Waals surface area contributed by atoms with Gasteiger partial charge < -0.3 is 10.2 Å². The molecule has 4 nitrogen and oxygen atoms in total. The first-order valence-corrected chi connectivity index (χ1v) is 7.49. The van der Waals surface area contributed by atoms with Crippen molar-refractivity contribution in [3.05, 3.63) is 0 Å². The number of hydrogen-bond donors (Lipinski definition) is 1. The molecule has 2 rings (SSSR count).